The molecule has 1 aromatic carbocycles. The third kappa shape index (κ3) is 1.56. The highest BCUT2D eigenvalue weighted by atomic mass is 16.4. The smallest absolute Gasteiger partial charge is 0.315 e. The number of rotatable bonds is 2. The number of benzene rings is 1. The van der Waals surface area contributed by atoms with Crippen LogP contribution in [0.1, 0.15) is 35.7 Å². The molecule has 0 spiro atoms. The number of carboxylic acids is 1. The molecule has 0 radical (unpaired) electrons. The predicted octanol–water partition coefficient (Wildman–Crippen LogP) is 1.69. The van der Waals surface area contributed by atoms with Gasteiger partial charge in [0.2, 0.25) is 0 Å². The van der Waals surface area contributed by atoms with E-state index in [1.807, 2.05) is 4.90 Å². The number of fused-ring (bicyclic) bond motifs is 1. The Bertz CT molecular complexity index is 548. The van der Waals surface area contributed by atoms with Crippen LogP contribution in [0.5, 0.6) is 0 Å². The van der Waals surface area contributed by atoms with E-state index in [9.17, 15) is 14.7 Å². The second kappa shape index (κ2) is 4.17. The van der Waals surface area contributed by atoms with Gasteiger partial charge >= 0.3 is 5.97 Å². The second-order valence-electron chi connectivity index (χ2n) is 5.56. The van der Waals surface area contributed by atoms with E-state index in [1.54, 1.807) is 31.2 Å². The molecule has 0 amide bonds. The Balaban J connectivity index is 2.15. The van der Waals surface area contributed by atoms with Crippen LogP contribution in [0, 0.1) is 0 Å². The van der Waals surface area contributed by atoms with Gasteiger partial charge in [-0.25, -0.2) is 0 Å². The molecule has 100 valence electrons. The number of aliphatic carboxylic acids is 1. The zero-order valence-corrected chi connectivity index (χ0v) is 10.9. The van der Waals surface area contributed by atoms with Gasteiger partial charge in [-0.3, -0.25) is 14.5 Å². The molecule has 1 aliphatic heterocycles. The van der Waals surface area contributed by atoms with E-state index in [0.29, 0.717) is 11.1 Å². The van der Waals surface area contributed by atoms with Crippen molar-refractivity contribution in [2.24, 2.45) is 0 Å². The van der Waals surface area contributed by atoms with Gasteiger partial charge in [0, 0.05) is 5.56 Å². The summed E-state index contributed by atoms with van der Waals surface area (Å²) >= 11 is 0. The van der Waals surface area contributed by atoms with Gasteiger partial charge < -0.3 is 5.11 Å². The lowest BCUT2D eigenvalue weighted by Crippen LogP contribution is -2.52. The largest absolute Gasteiger partial charge is 0.481 e. The number of likely N-dealkylation sites (tertiary alicyclic amines) is 1. The first kappa shape index (κ1) is 12.4. The van der Waals surface area contributed by atoms with Gasteiger partial charge in [-0.1, -0.05) is 24.3 Å². The van der Waals surface area contributed by atoms with E-state index in [1.165, 1.54) is 0 Å². The molecule has 0 aromatic heterocycles. The van der Waals surface area contributed by atoms with Crippen LogP contribution in [0.4, 0.5) is 0 Å². The van der Waals surface area contributed by atoms with Crippen molar-refractivity contribution in [2.75, 3.05) is 13.1 Å². The van der Waals surface area contributed by atoms with Crippen LogP contribution in [-0.2, 0) is 10.2 Å². The van der Waals surface area contributed by atoms with Crippen molar-refractivity contribution in [3.05, 3.63) is 35.4 Å². The maximum absolute atomic E-state index is 12.6. The van der Waals surface area contributed by atoms with Crippen molar-refractivity contribution in [3.63, 3.8) is 0 Å². The summed E-state index contributed by atoms with van der Waals surface area (Å²) in [5.74, 6) is -0.954. The first-order valence-corrected chi connectivity index (χ1v) is 6.68. The highest BCUT2D eigenvalue weighted by Crippen LogP contribution is 2.42. The summed E-state index contributed by atoms with van der Waals surface area (Å²) in [5, 5.41) is 9.69. The minimum absolute atomic E-state index is 0.0394. The third-order valence-electron chi connectivity index (χ3n) is 4.50. The minimum atomic E-state index is -1.13. The summed E-state index contributed by atoms with van der Waals surface area (Å²) in [6, 6.07) is 6.57. The molecular weight excluding hydrogens is 242 g/mol. The Morgan fingerprint density at radius 2 is 1.95 bits per heavy atom. The highest BCUT2D eigenvalue weighted by Gasteiger charge is 2.56. The Morgan fingerprint density at radius 1 is 1.32 bits per heavy atom. The fourth-order valence-corrected chi connectivity index (χ4v) is 3.47. The lowest BCUT2D eigenvalue weighted by molar-refractivity contribution is -0.144. The van der Waals surface area contributed by atoms with E-state index >= 15 is 0 Å². The monoisotopic (exact) mass is 259 g/mol. The number of Topliss-reactive ketones (excluding diaryl/α,β-unsaturated/α-hetero) is 1. The molecule has 4 nitrogen and oxygen atoms in total. The highest BCUT2D eigenvalue weighted by molar-refractivity contribution is 6.11. The molecule has 1 N–H and O–H groups in total. The van der Waals surface area contributed by atoms with Gasteiger partial charge in [-0.15, -0.1) is 0 Å². The van der Waals surface area contributed by atoms with Crippen molar-refractivity contribution in [2.45, 2.75) is 31.2 Å². The summed E-state index contributed by atoms with van der Waals surface area (Å²) in [6.07, 6.45) is 2.08. The molecule has 1 aromatic rings. The first-order chi connectivity index (χ1) is 9.06. The second-order valence-corrected chi connectivity index (χ2v) is 5.56. The molecule has 0 saturated carbocycles. The molecule has 19 heavy (non-hydrogen) atoms. The lowest BCUT2D eigenvalue weighted by Gasteiger charge is -2.33. The normalized spacial score (nSPS) is 30.6. The van der Waals surface area contributed by atoms with Gasteiger partial charge in [-0.05, 0) is 38.4 Å². The summed E-state index contributed by atoms with van der Waals surface area (Å²) in [7, 11) is 0. The van der Waals surface area contributed by atoms with Crippen molar-refractivity contribution >= 4 is 11.8 Å². The molecule has 1 saturated heterocycles. The standard InChI is InChI=1S/C15H17NO3/c1-15(14(18)19)11-7-3-2-6-10(11)12(17)13(15)16-8-4-5-9-16/h2-3,6-7,13H,4-5,8-9H2,1H3,(H,18,19). The number of nitrogens with zero attached hydrogens (tertiary/aromatic N) is 1. The Labute approximate surface area is 112 Å². The summed E-state index contributed by atoms with van der Waals surface area (Å²) in [4.78, 5) is 26.5. The lowest BCUT2D eigenvalue weighted by atomic mass is 9.80. The quantitative estimate of drug-likeness (QED) is 0.878. The van der Waals surface area contributed by atoms with E-state index in [0.717, 1.165) is 25.9 Å². The molecule has 1 aliphatic carbocycles. The number of ketones is 1. The van der Waals surface area contributed by atoms with Crippen LogP contribution in [-0.4, -0.2) is 40.9 Å². The molecule has 3 rings (SSSR count). The van der Waals surface area contributed by atoms with Crippen molar-refractivity contribution in [3.8, 4) is 0 Å². The van der Waals surface area contributed by atoms with E-state index < -0.39 is 17.4 Å². The summed E-state index contributed by atoms with van der Waals surface area (Å²) in [5.41, 5.74) is 0.103. The topological polar surface area (TPSA) is 57.6 Å². The average Bonchev–Trinajstić information content (AvgIpc) is 2.98. The van der Waals surface area contributed by atoms with Crippen LogP contribution < -0.4 is 0 Å². The molecule has 0 bridgehead atoms. The van der Waals surface area contributed by atoms with Crippen LogP contribution >= 0.6 is 0 Å². The van der Waals surface area contributed by atoms with Crippen LogP contribution in [0.2, 0.25) is 0 Å². The fraction of sp³-hybridized carbons (Fsp3) is 0.467. The average molecular weight is 259 g/mol. The molecule has 2 unspecified atom stereocenters. The van der Waals surface area contributed by atoms with Gasteiger partial charge in [-0.2, -0.15) is 0 Å². The van der Waals surface area contributed by atoms with Crippen LogP contribution in [0.15, 0.2) is 24.3 Å². The molecule has 1 heterocycles. The number of carboxylic acid groups (broad SMARTS) is 1. The Hall–Kier alpha value is -1.68. The maximum atomic E-state index is 12.6. The van der Waals surface area contributed by atoms with Gasteiger partial charge in [0.25, 0.3) is 0 Å². The molecule has 4 heteroatoms. The summed E-state index contributed by atoms with van der Waals surface area (Å²) in [6.45, 7) is 3.31. The Kier molecular flexibility index (Phi) is 2.71. The first-order valence-electron chi connectivity index (χ1n) is 6.68. The zero-order chi connectivity index (χ0) is 13.6. The van der Waals surface area contributed by atoms with E-state index in [2.05, 4.69) is 0 Å². The SMILES string of the molecule is CC1(C(=O)O)c2ccccc2C(=O)C1N1CCCC1. The fourth-order valence-electron chi connectivity index (χ4n) is 3.47. The summed E-state index contributed by atoms with van der Waals surface area (Å²) < 4.78 is 0. The van der Waals surface area contributed by atoms with Crippen LogP contribution in [0.3, 0.4) is 0 Å². The van der Waals surface area contributed by atoms with E-state index in [4.69, 9.17) is 0 Å². The van der Waals surface area contributed by atoms with Gasteiger partial charge in [0.1, 0.15) is 5.41 Å². The maximum Gasteiger partial charge on any atom is 0.315 e. The molecule has 2 atom stereocenters. The molecule has 2 aliphatic rings. The molecular formula is C15H17NO3. The number of carbonyl (C=O) groups excluding carboxylic acids is 1. The zero-order valence-electron chi connectivity index (χ0n) is 10.9. The Morgan fingerprint density at radius 3 is 2.58 bits per heavy atom. The van der Waals surface area contributed by atoms with Gasteiger partial charge in [0.05, 0.1) is 6.04 Å². The van der Waals surface area contributed by atoms with Crippen molar-refractivity contribution < 1.29 is 14.7 Å². The molecule has 1 fully saturated rings. The predicted molar refractivity (Wildman–Crippen MR) is 70.4 cm³/mol. The van der Waals surface area contributed by atoms with E-state index in [-0.39, 0.29) is 5.78 Å². The third-order valence-corrected chi connectivity index (χ3v) is 4.50. The van der Waals surface area contributed by atoms with Crippen molar-refractivity contribution in [1.82, 2.24) is 4.90 Å². The van der Waals surface area contributed by atoms with Crippen LogP contribution in [0.25, 0.3) is 0 Å². The minimum Gasteiger partial charge on any atom is -0.481 e. The van der Waals surface area contributed by atoms with Crippen molar-refractivity contribution in [1.29, 1.82) is 0 Å². The number of hydrogen-bond donors (Lipinski definition) is 1. The van der Waals surface area contributed by atoms with Gasteiger partial charge in [0.15, 0.2) is 5.78 Å². The number of carbonyl (C=O) groups is 2. The number of hydrogen-bond acceptors (Lipinski definition) is 3.